The lowest BCUT2D eigenvalue weighted by atomic mass is 10.1. The van der Waals surface area contributed by atoms with Crippen LogP contribution in [0.2, 0.25) is 0 Å². The van der Waals surface area contributed by atoms with Crippen LogP contribution in [-0.2, 0) is 6.18 Å². The van der Waals surface area contributed by atoms with Gasteiger partial charge in [-0.15, -0.1) is 0 Å². The Morgan fingerprint density at radius 3 is 2.54 bits per heavy atom. The van der Waals surface area contributed by atoms with Crippen LogP contribution in [0.15, 0.2) is 17.1 Å². The van der Waals surface area contributed by atoms with E-state index in [1.54, 1.807) is 20.2 Å². The molecule has 0 spiro atoms. The van der Waals surface area contributed by atoms with Gasteiger partial charge in [-0.25, -0.2) is 4.99 Å². The summed E-state index contributed by atoms with van der Waals surface area (Å²) in [7, 11) is 0. The Labute approximate surface area is 153 Å². The van der Waals surface area contributed by atoms with Gasteiger partial charge in [0.2, 0.25) is 0 Å². The highest BCUT2D eigenvalue weighted by Crippen LogP contribution is 2.41. The van der Waals surface area contributed by atoms with E-state index >= 15 is 0 Å². The van der Waals surface area contributed by atoms with Gasteiger partial charge < -0.3 is 9.64 Å². The topological polar surface area (TPSA) is 50.6 Å². The third kappa shape index (κ3) is 4.51. The molecule has 5 nitrogen and oxygen atoms in total. The molecule has 0 atom stereocenters. The maximum absolute atomic E-state index is 13.5. The molecule has 0 amide bonds. The van der Waals surface area contributed by atoms with E-state index in [9.17, 15) is 13.2 Å². The van der Waals surface area contributed by atoms with Gasteiger partial charge in [0.05, 0.1) is 12.0 Å². The second-order valence-electron chi connectivity index (χ2n) is 6.18. The summed E-state index contributed by atoms with van der Waals surface area (Å²) in [5, 5.41) is 0.0805. The van der Waals surface area contributed by atoms with Crippen LogP contribution in [0, 0.1) is 13.8 Å². The molecule has 1 saturated heterocycles. The van der Waals surface area contributed by atoms with Crippen molar-refractivity contribution in [2.75, 3.05) is 13.1 Å². The van der Waals surface area contributed by atoms with Gasteiger partial charge in [-0.05, 0) is 50.8 Å². The molecule has 0 radical (unpaired) electrons. The number of alkyl halides is 3. The molecule has 1 aromatic carbocycles. The quantitative estimate of drug-likeness (QED) is 0.543. The van der Waals surface area contributed by atoms with Crippen LogP contribution >= 0.6 is 11.5 Å². The smallest absolute Gasteiger partial charge is 0.420 e. The molecular formula is C17H19F3N4OS. The van der Waals surface area contributed by atoms with E-state index in [4.69, 9.17) is 4.74 Å². The average molecular weight is 384 g/mol. The fourth-order valence-corrected chi connectivity index (χ4v) is 3.26. The first-order valence-electron chi connectivity index (χ1n) is 8.31. The minimum Gasteiger partial charge on any atom is -0.429 e. The van der Waals surface area contributed by atoms with Gasteiger partial charge in [-0.1, -0.05) is 0 Å². The second-order valence-corrected chi connectivity index (χ2v) is 6.90. The third-order valence-electron chi connectivity index (χ3n) is 4.06. The number of hydrogen-bond acceptors (Lipinski definition) is 5. The number of aryl methyl sites for hydroxylation is 2. The van der Waals surface area contributed by atoms with Crippen molar-refractivity contribution in [2.24, 2.45) is 4.99 Å². The number of hydrogen-bond donors (Lipinski definition) is 0. The molecule has 0 N–H and O–H groups in total. The number of piperidine rings is 1. The molecule has 140 valence electrons. The minimum atomic E-state index is -4.56. The molecule has 1 aliphatic rings. The van der Waals surface area contributed by atoms with Crippen molar-refractivity contribution >= 4 is 23.6 Å². The molecule has 1 aliphatic heterocycles. The molecule has 3 rings (SSSR count). The van der Waals surface area contributed by atoms with Crippen LogP contribution in [0.3, 0.4) is 0 Å². The number of aromatic nitrogens is 2. The summed E-state index contributed by atoms with van der Waals surface area (Å²) in [6.45, 7) is 5.12. The molecular weight excluding hydrogens is 365 g/mol. The lowest BCUT2D eigenvalue weighted by molar-refractivity contribution is -0.138. The molecule has 2 heterocycles. The Morgan fingerprint density at radius 2 is 1.92 bits per heavy atom. The normalized spacial score (nSPS) is 15.7. The van der Waals surface area contributed by atoms with E-state index < -0.39 is 11.7 Å². The van der Waals surface area contributed by atoms with E-state index in [-0.39, 0.29) is 16.6 Å². The van der Waals surface area contributed by atoms with Crippen LogP contribution in [0.5, 0.6) is 10.9 Å². The van der Waals surface area contributed by atoms with Crippen LogP contribution in [0.1, 0.15) is 36.2 Å². The van der Waals surface area contributed by atoms with Gasteiger partial charge >= 0.3 is 6.18 Å². The lowest BCUT2D eigenvalue weighted by Gasteiger charge is -2.24. The van der Waals surface area contributed by atoms with E-state index in [2.05, 4.69) is 14.3 Å². The monoisotopic (exact) mass is 384 g/mol. The van der Waals surface area contributed by atoms with Crippen molar-refractivity contribution in [2.45, 2.75) is 39.3 Å². The van der Waals surface area contributed by atoms with Gasteiger partial charge in [0, 0.05) is 24.6 Å². The highest BCUT2D eigenvalue weighted by atomic mass is 32.1. The number of nitrogens with zero attached hydrogens (tertiary/aromatic N) is 4. The Morgan fingerprint density at radius 1 is 1.19 bits per heavy atom. The Balaban J connectivity index is 1.90. The van der Waals surface area contributed by atoms with Gasteiger partial charge in [0.25, 0.3) is 5.19 Å². The van der Waals surface area contributed by atoms with Gasteiger partial charge in [0.1, 0.15) is 17.1 Å². The van der Waals surface area contributed by atoms with Gasteiger partial charge in [-0.2, -0.15) is 22.5 Å². The Hall–Kier alpha value is -2.16. The summed E-state index contributed by atoms with van der Waals surface area (Å²) in [5.74, 6) is 0.168. The van der Waals surface area contributed by atoms with Crippen molar-refractivity contribution in [3.8, 4) is 10.9 Å². The lowest BCUT2D eigenvalue weighted by Crippen LogP contribution is -2.28. The SMILES string of the molecule is Cc1nsc(Oc2cc(C)c(/N=C/N3CCCCC3)cc2C(F)(F)F)n1. The zero-order valence-electron chi connectivity index (χ0n) is 14.5. The molecule has 1 aromatic heterocycles. The standard InChI is InChI=1S/C17H19F3N4OS/c1-11-8-15(25-16-22-12(2)23-26-16)13(17(18,19)20)9-14(11)21-10-24-6-4-3-5-7-24/h8-10H,3-7H2,1-2H3/b21-10+. The van der Waals surface area contributed by atoms with Gasteiger partial charge in [0.15, 0.2) is 0 Å². The number of halogens is 3. The molecule has 2 aromatic rings. The molecule has 9 heteroatoms. The summed E-state index contributed by atoms with van der Waals surface area (Å²) < 4.78 is 49.7. The fourth-order valence-electron chi connectivity index (χ4n) is 2.71. The first kappa shape index (κ1) is 18.6. The molecule has 0 aliphatic carbocycles. The maximum atomic E-state index is 13.5. The Kier molecular flexibility index (Phi) is 5.45. The summed E-state index contributed by atoms with van der Waals surface area (Å²) in [5.41, 5.74) is 0.00735. The van der Waals surface area contributed by atoms with E-state index in [0.717, 1.165) is 43.5 Å². The number of rotatable bonds is 4. The first-order valence-corrected chi connectivity index (χ1v) is 9.08. The van der Waals surface area contributed by atoms with Crippen LogP contribution < -0.4 is 4.74 Å². The van der Waals surface area contributed by atoms with Crippen molar-refractivity contribution in [3.05, 3.63) is 29.1 Å². The molecule has 1 fully saturated rings. The predicted octanol–water partition coefficient (Wildman–Crippen LogP) is 5.11. The van der Waals surface area contributed by atoms with Gasteiger partial charge in [-0.3, -0.25) is 0 Å². The number of likely N-dealkylation sites (tertiary alicyclic amines) is 1. The van der Waals surface area contributed by atoms with Crippen molar-refractivity contribution in [3.63, 3.8) is 0 Å². The molecule has 0 bridgehead atoms. The Bertz CT molecular complexity index is 798. The van der Waals surface area contributed by atoms with E-state index in [1.165, 1.54) is 12.5 Å². The zero-order valence-corrected chi connectivity index (χ0v) is 15.3. The summed E-state index contributed by atoms with van der Waals surface area (Å²) in [4.78, 5) is 10.3. The fraction of sp³-hybridized carbons (Fsp3) is 0.471. The average Bonchev–Trinajstić information content (AvgIpc) is 2.99. The summed E-state index contributed by atoms with van der Waals surface area (Å²) in [6, 6.07) is 2.38. The minimum absolute atomic E-state index is 0.0805. The molecule has 0 unspecified atom stereocenters. The summed E-state index contributed by atoms with van der Waals surface area (Å²) >= 11 is 0.916. The van der Waals surface area contributed by atoms with Crippen LogP contribution in [-0.4, -0.2) is 33.7 Å². The number of ether oxygens (including phenoxy) is 1. The molecule has 0 saturated carbocycles. The highest BCUT2D eigenvalue weighted by Gasteiger charge is 2.35. The zero-order chi connectivity index (χ0) is 18.7. The first-order chi connectivity index (χ1) is 12.3. The van der Waals surface area contributed by atoms with Crippen LogP contribution in [0.25, 0.3) is 0 Å². The van der Waals surface area contributed by atoms with Crippen LogP contribution in [0.4, 0.5) is 18.9 Å². The predicted molar refractivity (Wildman–Crippen MR) is 94.5 cm³/mol. The number of benzene rings is 1. The third-order valence-corrected chi connectivity index (χ3v) is 4.75. The summed E-state index contributed by atoms with van der Waals surface area (Å²) in [6.07, 6.45) is 0.410. The highest BCUT2D eigenvalue weighted by molar-refractivity contribution is 7.07. The number of aliphatic imine (C=N–C) groups is 1. The van der Waals surface area contributed by atoms with Crippen molar-refractivity contribution in [1.82, 2.24) is 14.3 Å². The van der Waals surface area contributed by atoms with Crippen molar-refractivity contribution in [1.29, 1.82) is 0 Å². The maximum Gasteiger partial charge on any atom is 0.420 e. The van der Waals surface area contributed by atoms with E-state index in [1.807, 2.05) is 4.90 Å². The second kappa shape index (κ2) is 7.61. The van der Waals surface area contributed by atoms with E-state index in [0.29, 0.717) is 11.4 Å². The molecule has 26 heavy (non-hydrogen) atoms. The van der Waals surface area contributed by atoms with Crippen molar-refractivity contribution < 1.29 is 17.9 Å². The largest absolute Gasteiger partial charge is 0.429 e.